The fourth-order valence-electron chi connectivity index (χ4n) is 3.60. The minimum Gasteiger partial charge on any atom is -0.492 e. The summed E-state index contributed by atoms with van der Waals surface area (Å²) in [5, 5.41) is 97.8. The van der Waals surface area contributed by atoms with E-state index in [1.54, 1.807) is 21.6 Å². The van der Waals surface area contributed by atoms with Crippen molar-refractivity contribution in [1.29, 1.82) is 0 Å². The number of hydrogen-bond acceptors (Lipinski definition) is 14. The zero-order valence-electron chi connectivity index (χ0n) is 19.7. The lowest BCUT2D eigenvalue weighted by molar-refractivity contribution is -0.130. The SMILES string of the molecule is OC[C@@H](O)[C@@H](O)[C@@H](O)[C@@H](O)CN(CCOc1ccc2c(c1)CCSS2)C[C@H](O)[C@H](O)[C@H](O)[C@H](O)CO. The number of nitrogens with zero attached hydrogens (tertiary/aromatic N) is 1. The predicted molar refractivity (Wildman–Crippen MR) is 133 cm³/mol. The third-order valence-electron chi connectivity index (χ3n) is 5.85. The molecule has 10 N–H and O–H groups in total. The van der Waals surface area contributed by atoms with Crippen molar-refractivity contribution >= 4 is 21.6 Å². The molecule has 36 heavy (non-hydrogen) atoms. The Morgan fingerprint density at radius 3 is 1.83 bits per heavy atom. The molecule has 1 aromatic rings. The average molecular weight is 556 g/mol. The van der Waals surface area contributed by atoms with Crippen LogP contribution in [0.3, 0.4) is 0 Å². The van der Waals surface area contributed by atoms with Gasteiger partial charge in [-0.25, -0.2) is 0 Å². The summed E-state index contributed by atoms with van der Waals surface area (Å²) >= 11 is 0. The molecular weight excluding hydrogens is 518 g/mol. The molecule has 1 aliphatic heterocycles. The highest BCUT2D eigenvalue weighted by Crippen LogP contribution is 2.40. The number of hydrogen-bond donors (Lipinski definition) is 10. The first-order valence-corrected chi connectivity index (χ1v) is 13.8. The lowest BCUT2D eigenvalue weighted by Crippen LogP contribution is -2.53. The van der Waals surface area contributed by atoms with E-state index in [1.165, 1.54) is 9.80 Å². The summed E-state index contributed by atoms with van der Waals surface area (Å²) in [4.78, 5) is 2.56. The van der Waals surface area contributed by atoms with Crippen LogP contribution < -0.4 is 4.74 Å². The summed E-state index contributed by atoms with van der Waals surface area (Å²) < 4.78 is 5.80. The van der Waals surface area contributed by atoms with Gasteiger partial charge in [-0.05, 0) is 30.2 Å². The van der Waals surface area contributed by atoms with Gasteiger partial charge < -0.3 is 55.8 Å². The van der Waals surface area contributed by atoms with Crippen molar-refractivity contribution in [3.05, 3.63) is 23.8 Å². The number of aliphatic hydroxyl groups is 10. The van der Waals surface area contributed by atoms with Crippen molar-refractivity contribution in [3.8, 4) is 5.75 Å². The Balaban J connectivity index is 2.04. The molecule has 1 aliphatic rings. The van der Waals surface area contributed by atoms with E-state index in [1.807, 2.05) is 18.2 Å². The van der Waals surface area contributed by atoms with Crippen LogP contribution in [0.25, 0.3) is 0 Å². The first kappa shape index (κ1) is 31.5. The Hall–Kier alpha value is -0.720. The van der Waals surface area contributed by atoms with E-state index in [4.69, 9.17) is 14.9 Å². The third kappa shape index (κ3) is 9.23. The second-order valence-corrected chi connectivity index (χ2v) is 11.1. The van der Waals surface area contributed by atoms with Gasteiger partial charge in [0.25, 0.3) is 0 Å². The van der Waals surface area contributed by atoms with Gasteiger partial charge in [0.15, 0.2) is 0 Å². The molecule has 0 bridgehead atoms. The van der Waals surface area contributed by atoms with Crippen LogP contribution >= 0.6 is 21.6 Å². The second kappa shape index (κ2) is 15.6. The highest BCUT2D eigenvalue weighted by molar-refractivity contribution is 8.76. The van der Waals surface area contributed by atoms with Crippen molar-refractivity contribution in [2.24, 2.45) is 0 Å². The van der Waals surface area contributed by atoms with Gasteiger partial charge in [-0.1, -0.05) is 21.6 Å². The highest BCUT2D eigenvalue weighted by atomic mass is 33.1. The Morgan fingerprint density at radius 2 is 1.31 bits per heavy atom. The lowest BCUT2D eigenvalue weighted by atomic mass is 10.0. The first-order valence-electron chi connectivity index (χ1n) is 11.5. The highest BCUT2D eigenvalue weighted by Gasteiger charge is 2.34. The molecule has 0 saturated heterocycles. The molecule has 12 nitrogen and oxygen atoms in total. The van der Waals surface area contributed by atoms with Gasteiger partial charge >= 0.3 is 0 Å². The summed E-state index contributed by atoms with van der Waals surface area (Å²) in [6.45, 7) is -2.21. The monoisotopic (exact) mass is 555 g/mol. The predicted octanol–water partition coefficient (Wildman–Crippen LogP) is -3.46. The van der Waals surface area contributed by atoms with E-state index in [9.17, 15) is 40.9 Å². The van der Waals surface area contributed by atoms with E-state index < -0.39 is 62.0 Å². The maximum absolute atomic E-state index is 10.4. The van der Waals surface area contributed by atoms with Crippen LogP contribution in [-0.4, -0.2) is 150 Å². The van der Waals surface area contributed by atoms with Crippen LogP contribution in [-0.2, 0) is 6.42 Å². The second-order valence-electron chi connectivity index (χ2n) is 8.63. The average Bonchev–Trinajstić information content (AvgIpc) is 2.89. The van der Waals surface area contributed by atoms with Crippen molar-refractivity contribution in [2.45, 2.75) is 60.1 Å². The molecule has 0 unspecified atom stereocenters. The van der Waals surface area contributed by atoms with Crippen LogP contribution in [0.1, 0.15) is 5.56 Å². The molecule has 0 aliphatic carbocycles. The van der Waals surface area contributed by atoms with Gasteiger partial charge in [0.1, 0.15) is 49.0 Å². The van der Waals surface area contributed by atoms with Gasteiger partial charge in [0, 0.05) is 30.3 Å². The largest absolute Gasteiger partial charge is 0.492 e. The Morgan fingerprint density at radius 1 is 0.778 bits per heavy atom. The maximum atomic E-state index is 10.4. The Labute approximate surface area is 217 Å². The molecule has 1 heterocycles. The van der Waals surface area contributed by atoms with E-state index in [-0.39, 0.29) is 26.2 Å². The van der Waals surface area contributed by atoms with Crippen molar-refractivity contribution in [3.63, 3.8) is 0 Å². The Kier molecular flexibility index (Phi) is 13.7. The quantitative estimate of drug-likeness (QED) is 0.0898. The van der Waals surface area contributed by atoms with E-state index in [0.717, 1.165) is 17.7 Å². The number of aliphatic hydroxyl groups excluding tert-OH is 10. The Bertz CT molecular complexity index is 750. The van der Waals surface area contributed by atoms with E-state index in [2.05, 4.69) is 0 Å². The minimum atomic E-state index is -1.84. The zero-order chi connectivity index (χ0) is 26.8. The molecular formula is C22H37NO11S2. The minimum absolute atomic E-state index is 0.0759. The van der Waals surface area contributed by atoms with Crippen molar-refractivity contribution < 1.29 is 55.8 Å². The molecule has 1 aromatic carbocycles. The number of aryl methyl sites for hydroxylation is 1. The summed E-state index contributed by atoms with van der Waals surface area (Å²) in [7, 11) is 3.48. The first-order chi connectivity index (χ1) is 17.1. The maximum Gasteiger partial charge on any atom is 0.119 e. The number of ether oxygens (including phenoxy) is 1. The topological polar surface area (TPSA) is 215 Å². The molecule has 0 fully saturated rings. The molecule has 0 saturated carbocycles. The van der Waals surface area contributed by atoms with Crippen LogP contribution in [0.2, 0.25) is 0 Å². The van der Waals surface area contributed by atoms with Gasteiger partial charge in [0.2, 0.25) is 0 Å². The molecule has 8 atom stereocenters. The number of benzene rings is 1. The van der Waals surface area contributed by atoms with Gasteiger partial charge in [-0.2, -0.15) is 0 Å². The standard InChI is InChI=1S/C22H37NO11S2/c24-10-16(28)21(32)19(30)14(26)8-23(9-15(27)20(31)22(33)17(29)11-25)4-5-34-13-1-2-18-12(7-13)3-6-35-36-18/h1-2,7,14-17,19-22,24-33H,3-6,8-11H2/t14-,15-,16+,17+,19-,20-,21+,22+/m0/s1. The summed E-state index contributed by atoms with van der Waals surface area (Å²) in [5.41, 5.74) is 1.16. The zero-order valence-corrected chi connectivity index (χ0v) is 21.3. The van der Waals surface area contributed by atoms with Crippen LogP contribution in [0, 0.1) is 0 Å². The van der Waals surface area contributed by atoms with Crippen molar-refractivity contribution in [2.75, 3.05) is 45.2 Å². The fourth-order valence-corrected chi connectivity index (χ4v) is 5.87. The summed E-state index contributed by atoms with van der Waals surface area (Å²) in [5.74, 6) is 1.61. The molecule has 14 heteroatoms. The van der Waals surface area contributed by atoms with Gasteiger partial charge in [-0.15, -0.1) is 0 Å². The lowest BCUT2D eigenvalue weighted by Gasteiger charge is -2.33. The number of rotatable bonds is 16. The third-order valence-corrected chi connectivity index (χ3v) is 8.31. The normalized spacial score (nSPS) is 20.6. The van der Waals surface area contributed by atoms with E-state index >= 15 is 0 Å². The van der Waals surface area contributed by atoms with Gasteiger partial charge in [-0.3, -0.25) is 4.90 Å². The molecule has 0 radical (unpaired) electrons. The molecule has 208 valence electrons. The van der Waals surface area contributed by atoms with E-state index in [0.29, 0.717) is 5.75 Å². The van der Waals surface area contributed by atoms with Crippen molar-refractivity contribution in [1.82, 2.24) is 4.90 Å². The van der Waals surface area contributed by atoms with Crippen LogP contribution in [0.15, 0.2) is 23.1 Å². The fraction of sp³-hybridized carbons (Fsp3) is 0.727. The molecule has 0 amide bonds. The van der Waals surface area contributed by atoms with Crippen LogP contribution in [0.4, 0.5) is 0 Å². The molecule has 0 aromatic heterocycles. The van der Waals surface area contributed by atoms with Crippen LogP contribution in [0.5, 0.6) is 5.75 Å². The number of fused-ring (bicyclic) bond motifs is 1. The molecule has 2 rings (SSSR count). The molecule has 0 spiro atoms. The summed E-state index contributed by atoms with van der Waals surface area (Å²) in [6, 6.07) is 5.71. The van der Waals surface area contributed by atoms with Gasteiger partial charge in [0.05, 0.1) is 25.4 Å². The summed E-state index contributed by atoms with van der Waals surface area (Å²) in [6.07, 6.45) is -13.1. The smallest absolute Gasteiger partial charge is 0.119 e.